The fourth-order valence-electron chi connectivity index (χ4n) is 3.05. The molecule has 0 aliphatic carbocycles. The second kappa shape index (κ2) is 14.3. The van der Waals surface area contributed by atoms with Crippen LogP contribution < -0.4 is 20.1 Å². The van der Waals surface area contributed by atoms with E-state index in [1.807, 2.05) is 41.0 Å². The molecule has 0 radical (unpaired) electrons. The highest BCUT2D eigenvalue weighted by Crippen LogP contribution is 2.31. The van der Waals surface area contributed by atoms with Crippen LogP contribution in [0, 0.1) is 0 Å². The number of guanidine groups is 1. The number of aryl methyl sites for hydroxylation is 1. The van der Waals surface area contributed by atoms with Crippen molar-refractivity contribution in [2.24, 2.45) is 4.99 Å². The smallest absolute Gasteiger partial charge is 0.224 e. The average Bonchev–Trinajstić information content (AvgIpc) is 3.29. The van der Waals surface area contributed by atoms with Crippen molar-refractivity contribution in [3.63, 3.8) is 0 Å². The zero-order chi connectivity index (χ0) is 22.6. The molecule has 0 aliphatic rings. The van der Waals surface area contributed by atoms with Gasteiger partial charge in [-0.05, 0) is 24.6 Å². The molecule has 0 saturated carbocycles. The second-order valence-corrected chi connectivity index (χ2v) is 7.01. The molecule has 178 valence electrons. The van der Waals surface area contributed by atoms with E-state index in [0.717, 1.165) is 30.8 Å². The average molecular weight is 565 g/mol. The lowest BCUT2D eigenvalue weighted by molar-refractivity contribution is 0.300. The highest BCUT2D eigenvalue weighted by Gasteiger charge is 2.11. The molecule has 0 saturated heterocycles. The summed E-state index contributed by atoms with van der Waals surface area (Å²) in [5.74, 6) is 3.54. The summed E-state index contributed by atoms with van der Waals surface area (Å²) < 4.78 is 13.9. The number of benzene rings is 1. The van der Waals surface area contributed by atoms with Crippen molar-refractivity contribution < 1.29 is 9.47 Å². The van der Waals surface area contributed by atoms with Gasteiger partial charge in [0.25, 0.3) is 0 Å². The zero-order valence-corrected chi connectivity index (χ0v) is 21.7. The molecule has 0 amide bonds. The van der Waals surface area contributed by atoms with Gasteiger partial charge in [0, 0.05) is 44.9 Å². The number of ether oxygens (including phenoxy) is 2. The summed E-state index contributed by atoms with van der Waals surface area (Å²) in [5.41, 5.74) is 0.910. The Bertz CT molecular complexity index is 1010. The van der Waals surface area contributed by atoms with Crippen LogP contribution in [0.25, 0.3) is 0 Å². The summed E-state index contributed by atoms with van der Waals surface area (Å²) in [6, 6.07) is 11.5. The van der Waals surface area contributed by atoms with Crippen LogP contribution in [0.1, 0.15) is 31.7 Å². The Balaban J connectivity index is 0.00000385. The van der Waals surface area contributed by atoms with E-state index in [1.165, 1.54) is 0 Å². The fourth-order valence-corrected chi connectivity index (χ4v) is 3.05. The maximum absolute atomic E-state index is 6.11. The predicted octanol–water partition coefficient (Wildman–Crippen LogP) is 3.80. The van der Waals surface area contributed by atoms with Crippen molar-refractivity contribution >= 4 is 29.9 Å². The topological polar surface area (TPSA) is 98.5 Å². The van der Waals surface area contributed by atoms with Gasteiger partial charge >= 0.3 is 0 Å². The van der Waals surface area contributed by atoms with Crippen molar-refractivity contribution in [1.29, 1.82) is 0 Å². The molecular weight excluding hydrogens is 533 g/mol. The molecule has 3 rings (SSSR count). The maximum atomic E-state index is 6.11. The molecule has 0 atom stereocenters. The largest absolute Gasteiger partial charge is 0.490 e. The van der Waals surface area contributed by atoms with Gasteiger partial charge in [-0.1, -0.05) is 32.0 Å². The molecule has 3 aromatic rings. The molecule has 0 aliphatic heterocycles. The van der Waals surface area contributed by atoms with Crippen LogP contribution in [0.3, 0.4) is 0 Å². The Kier molecular flexibility index (Phi) is 11.4. The normalized spacial score (nSPS) is 10.9. The number of hydrogen-bond acceptors (Lipinski definition) is 6. The maximum Gasteiger partial charge on any atom is 0.224 e. The van der Waals surface area contributed by atoms with Crippen LogP contribution >= 0.6 is 24.0 Å². The summed E-state index contributed by atoms with van der Waals surface area (Å²) in [5, 5.41) is 14.7. The summed E-state index contributed by atoms with van der Waals surface area (Å²) >= 11 is 0. The zero-order valence-electron chi connectivity index (χ0n) is 19.3. The minimum absolute atomic E-state index is 0. The van der Waals surface area contributed by atoms with E-state index in [9.17, 15) is 0 Å². The van der Waals surface area contributed by atoms with Crippen molar-refractivity contribution in [2.75, 3.05) is 20.2 Å². The Morgan fingerprint density at radius 1 is 1.09 bits per heavy atom. The lowest BCUT2D eigenvalue weighted by atomic mass is 10.2. The summed E-state index contributed by atoms with van der Waals surface area (Å²) in [6.45, 7) is 6.73. The van der Waals surface area contributed by atoms with Crippen molar-refractivity contribution in [3.8, 4) is 17.4 Å². The molecular formula is C23H32IN7O2. The van der Waals surface area contributed by atoms with Crippen LogP contribution in [0.15, 0.2) is 53.9 Å². The molecule has 0 fully saturated rings. The first-order valence-electron chi connectivity index (χ1n) is 10.9. The van der Waals surface area contributed by atoms with E-state index in [-0.39, 0.29) is 24.0 Å². The van der Waals surface area contributed by atoms with E-state index in [0.29, 0.717) is 43.0 Å². The van der Waals surface area contributed by atoms with E-state index in [2.05, 4.69) is 44.7 Å². The molecule has 2 aromatic heterocycles. The van der Waals surface area contributed by atoms with E-state index in [1.54, 1.807) is 19.6 Å². The molecule has 2 N–H and O–H groups in total. The minimum Gasteiger partial charge on any atom is -0.490 e. The number of rotatable bonds is 11. The Morgan fingerprint density at radius 2 is 1.91 bits per heavy atom. The molecule has 0 unspecified atom stereocenters. The standard InChI is InChI=1S/C23H31N7O2.HI/c1-4-15-31-19-10-6-7-11-20(19)32-22-18(9-8-12-25-22)16-27-23(24-3)26-13-14-30-17-28-29-21(30)5-2;/h6-12,17H,4-5,13-16H2,1-3H3,(H2,24,26,27);1H. The van der Waals surface area contributed by atoms with E-state index < -0.39 is 0 Å². The summed E-state index contributed by atoms with van der Waals surface area (Å²) in [4.78, 5) is 8.72. The third kappa shape index (κ3) is 7.88. The molecule has 0 spiro atoms. The number of halogens is 1. The number of hydrogen-bond donors (Lipinski definition) is 2. The number of para-hydroxylation sites is 2. The van der Waals surface area contributed by atoms with Gasteiger partial charge in [-0.3, -0.25) is 4.99 Å². The molecule has 1 aromatic carbocycles. The SMILES string of the molecule is CCCOc1ccccc1Oc1ncccc1CNC(=NC)NCCn1cnnc1CC.I. The fraction of sp³-hybridized carbons (Fsp3) is 0.391. The van der Waals surface area contributed by atoms with Gasteiger partial charge in [-0.25, -0.2) is 4.98 Å². The first-order chi connectivity index (χ1) is 15.7. The van der Waals surface area contributed by atoms with E-state index >= 15 is 0 Å². The molecule has 33 heavy (non-hydrogen) atoms. The highest BCUT2D eigenvalue weighted by molar-refractivity contribution is 14.0. The third-order valence-electron chi connectivity index (χ3n) is 4.69. The lowest BCUT2D eigenvalue weighted by Gasteiger charge is -2.15. The first kappa shape index (κ1) is 26.4. The number of pyridine rings is 1. The Labute approximate surface area is 212 Å². The Hall–Kier alpha value is -2.89. The van der Waals surface area contributed by atoms with Crippen LogP contribution in [0.5, 0.6) is 17.4 Å². The number of nitrogens with zero attached hydrogens (tertiary/aromatic N) is 5. The van der Waals surface area contributed by atoms with Gasteiger partial charge in [-0.15, -0.1) is 34.2 Å². The summed E-state index contributed by atoms with van der Waals surface area (Å²) in [6.07, 6.45) is 5.24. The van der Waals surface area contributed by atoms with Crippen LogP contribution in [0.4, 0.5) is 0 Å². The summed E-state index contributed by atoms with van der Waals surface area (Å²) in [7, 11) is 1.74. The number of nitrogens with one attached hydrogen (secondary N) is 2. The first-order valence-corrected chi connectivity index (χ1v) is 10.9. The van der Waals surface area contributed by atoms with Crippen molar-refractivity contribution in [1.82, 2.24) is 30.4 Å². The quantitative estimate of drug-likeness (QED) is 0.207. The van der Waals surface area contributed by atoms with Crippen LogP contribution in [0.2, 0.25) is 0 Å². The monoisotopic (exact) mass is 565 g/mol. The minimum atomic E-state index is 0. The molecule has 10 heteroatoms. The second-order valence-electron chi connectivity index (χ2n) is 7.01. The van der Waals surface area contributed by atoms with Gasteiger partial charge in [0.1, 0.15) is 12.2 Å². The van der Waals surface area contributed by atoms with Crippen LogP contribution in [-0.4, -0.2) is 45.9 Å². The number of aliphatic imine (C=N–C) groups is 1. The van der Waals surface area contributed by atoms with E-state index in [4.69, 9.17) is 9.47 Å². The number of aromatic nitrogens is 4. The molecule has 0 bridgehead atoms. The van der Waals surface area contributed by atoms with Gasteiger partial charge in [-0.2, -0.15) is 0 Å². The van der Waals surface area contributed by atoms with Gasteiger partial charge < -0.3 is 24.7 Å². The van der Waals surface area contributed by atoms with Gasteiger partial charge in [0.15, 0.2) is 17.5 Å². The molecule has 9 nitrogen and oxygen atoms in total. The Morgan fingerprint density at radius 3 is 2.67 bits per heavy atom. The van der Waals surface area contributed by atoms with Gasteiger partial charge in [0.05, 0.1) is 6.61 Å². The lowest BCUT2D eigenvalue weighted by Crippen LogP contribution is -2.38. The van der Waals surface area contributed by atoms with Crippen molar-refractivity contribution in [2.45, 2.75) is 39.8 Å². The predicted molar refractivity (Wildman–Crippen MR) is 140 cm³/mol. The molecule has 2 heterocycles. The highest BCUT2D eigenvalue weighted by atomic mass is 127. The third-order valence-corrected chi connectivity index (χ3v) is 4.69. The van der Waals surface area contributed by atoms with Crippen LogP contribution in [-0.2, 0) is 19.5 Å². The van der Waals surface area contributed by atoms with Gasteiger partial charge in [0.2, 0.25) is 5.88 Å². The van der Waals surface area contributed by atoms with Crippen molar-refractivity contribution in [3.05, 3.63) is 60.3 Å².